The number of carbonyl (C=O) groups excluding carboxylic acids is 1. The minimum atomic E-state index is -0.315. The van der Waals surface area contributed by atoms with Gasteiger partial charge >= 0.3 is 6.03 Å². The number of fused-ring (bicyclic) bond motifs is 3. The minimum absolute atomic E-state index is 0.109. The third-order valence-corrected chi connectivity index (χ3v) is 5.53. The Morgan fingerprint density at radius 2 is 1.96 bits per heavy atom. The second-order valence-corrected chi connectivity index (χ2v) is 7.14. The fraction of sp³-hybridized carbons (Fsp3) is 0.400. The number of nitrogens with one attached hydrogen (secondary N) is 2. The Labute approximate surface area is 152 Å². The van der Waals surface area contributed by atoms with Crippen molar-refractivity contribution in [1.29, 1.82) is 0 Å². The van der Waals surface area contributed by atoms with Crippen molar-refractivity contribution in [2.45, 2.75) is 31.3 Å². The standard InChI is InChI=1S/C20H23FN4O/c21-16-3-5-17(6-4-16)23-20(26)24-19-15-7-10-25(11-8-15)18(19)12-14-2-1-9-22-13-14/h1-6,9,13,15,18-19H,7-8,10-12H2,(H2,23,24,26)/t18-,19+/m1/s1. The molecule has 2 amide bonds. The normalized spacial score (nSPS) is 27.1. The number of amides is 2. The lowest BCUT2D eigenvalue weighted by Gasteiger charge is -2.51. The van der Waals surface area contributed by atoms with Gasteiger partial charge in [-0.3, -0.25) is 9.88 Å². The van der Waals surface area contributed by atoms with E-state index in [-0.39, 0.29) is 23.9 Å². The van der Waals surface area contributed by atoms with Gasteiger partial charge in [-0.1, -0.05) is 6.07 Å². The summed E-state index contributed by atoms with van der Waals surface area (Å²) in [6.45, 7) is 2.18. The lowest BCUT2D eigenvalue weighted by molar-refractivity contribution is 0.0184. The first-order valence-corrected chi connectivity index (χ1v) is 9.15. The molecule has 0 spiro atoms. The summed E-state index contributed by atoms with van der Waals surface area (Å²) in [5, 5.41) is 5.99. The highest BCUT2D eigenvalue weighted by molar-refractivity contribution is 5.89. The number of urea groups is 1. The largest absolute Gasteiger partial charge is 0.333 e. The summed E-state index contributed by atoms with van der Waals surface area (Å²) in [7, 11) is 0. The molecule has 2 N–H and O–H groups in total. The highest BCUT2D eigenvalue weighted by Crippen LogP contribution is 2.34. The summed E-state index contributed by atoms with van der Waals surface area (Å²) >= 11 is 0. The molecular formula is C20H23FN4O. The molecule has 5 nitrogen and oxygen atoms in total. The van der Waals surface area contributed by atoms with E-state index in [2.05, 4.69) is 26.6 Å². The molecule has 3 aliphatic heterocycles. The predicted molar refractivity (Wildman–Crippen MR) is 98.4 cm³/mol. The first-order chi connectivity index (χ1) is 12.7. The number of aromatic nitrogens is 1. The average molecular weight is 354 g/mol. The van der Waals surface area contributed by atoms with Crippen molar-refractivity contribution in [3.05, 3.63) is 60.2 Å². The van der Waals surface area contributed by atoms with Crippen LogP contribution in [0.15, 0.2) is 48.8 Å². The molecule has 3 fully saturated rings. The van der Waals surface area contributed by atoms with Crippen LogP contribution in [0.5, 0.6) is 0 Å². The summed E-state index contributed by atoms with van der Waals surface area (Å²) in [5.41, 5.74) is 1.78. The molecule has 1 aromatic carbocycles. The van der Waals surface area contributed by atoms with Crippen LogP contribution in [0, 0.1) is 11.7 Å². The van der Waals surface area contributed by atoms with Crippen LogP contribution in [-0.4, -0.2) is 41.1 Å². The Kier molecular flexibility index (Phi) is 4.84. The topological polar surface area (TPSA) is 57.3 Å². The molecule has 2 bridgehead atoms. The Morgan fingerprint density at radius 3 is 2.65 bits per heavy atom. The van der Waals surface area contributed by atoms with Crippen molar-refractivity contribution in [3.63, 3.8) is 0 Å². The van der Waals surface area contributed by atoms with E-state index in [1.54, 1.807) is 18.3 Å². The summed E-state index contributed by atoms with van der Waals surface area (Å²) in [6.07, 6.45) is 6.80. The Morgan fingerprint density at radius 1 is 1.19 bits per heavy atom. The number of carbonyl (C=O) groups is 1. The molecule has 3 aliphatic rings. The quantitative estimate of drug-likeness (QED) is 0.887. The number of hydrogen-bond donors (Lipinski definition) is 2. The van der Waals surface area contributed by atoms with E-state index in [1.807, 2.05) is 12.3 Å². The van der Waals surface area contributed by atoms with Gasteiger partial charge in [-0.2, -0.15) is 0 Å². The van der Waals surface area contributed by atoms with E-state index >= 15 is 0 Å². The Balaban J connectivity index is 1.45. The third-order valence-electron chi connectivity index (χ3n) is 5.53. The molecule has 0 unspecified atom stereocenters. The number of rotatable bonds is 4. The van der Waals surface area contributed by atoms with Crippen molar-refractivity contribution in [1.82, 2.24) is 15.2 Å². The van der Waals surface area contributed by atoms with E-state index in [1.165, 1.54) is 17.7 Å². The molecule has 0 aliphatic carbocycles. The van der Waals surface area contributed by atoms with Crippen LogP contribution >= 0.6 is 0 Å². The van der Waals surface area contributed by atoms with Gasteiger partial charge in [0, 0.05) is 30.2 Å². The van der Waals surface area contributed by atoms with Crippen molar-refractivity contribution in [3.8, 4) is 0 Å². The molecule has 0 saturated carbocycles. The highest BCUT2D eigenvalue weighted by atomic mass is 19.1. The number of hydrogen-bond acceptors (Lipinski definition) is 3. The minimum Gasteiger partial charge on any atom is -0.333 e. The SMILES string of the molecule is O=C(Nc1ccc(F)cc1)N[C@H]1C2CCN(CC2)[C@@H]1Cc1cccnc1. The second-order valence-electron chi connectivity index (χ2n) is 7.14. The van der Waals surface area contributed by atoms with E-state index < -0.39 is 0 Å². The Hall–Kier alpha value is -2.47. The van der Waals surface area contributed by atoms with E-state index in [0.29, 0.717) is 11.6 Å². The summed E-state index contributed by atoms with van der Waals surface area (Å²) in [6, 6.07) is 10.0. The number of anilines is 1. The van der Waals surface area contributed by atoms with Gasteiger partial charge in [0.25, 0.3) is 0 Å². The lowest BCUT2D eigenvalue weighted by Crippen LogP contribution is -2.64. The van der Waals surface area contributed by atoms with Crippen LogP contribution in [0.1, 0.15) is 18.4 Å². The van der Waals surface area contributed by atoms with Crippen LogP contribution in [0.3, 0.4) is 0 Å². The maximum absolute atomic E-state index is 13.0. The van der Waals surface area contributed by atoms with Crippen LogP contribution in [-0.2, 0) is 6.42 Å². The van der Waals surface area contributed by atoms with Gasteiger partial charge in [-0.05, 0) is 74.2 Å². The third kappa shape index (κ3) is 3.70. The zero-order valence-corrected chi connectivity index (χ0v) is 14.6. The summed E-state index contributed by atoms with van der Waals surface area (Å²) < 4.78 is 13.0. The molecular weight excluding hydrogens is 331 g/mol. The van der Waals surface area contributed by atoms with Crippen LogP contribution in [0.25, 0.3) is 0 Å². The first-order valence-electron chi connectivity index (χ1n) is 9.15. The average Bonchev–Trinajstić information content (AvgIpc) is 2.67. The first kappa shape index (κ1) is 17.0. The van der Waals surface area contributed by atoms with Crippen LogP contribution < -0.4 is 10.6 Å². The van der Waals surface area contributed by atoms with Gasteiger partial charge in [0.2, 0.25) is 0 Å². The molecule has 136 valence electrons. The van der Waals surface area contributed by atoms with Gasteiger partial charge in [0.05, 0.1) is 0 Å². The van der Waals surface area contributed by atoms with E-state index in [4.69, 9.17) is 0 Å². The molecule has 4 heterocycles. The lowest BCUT2D eigenvalue weighted by atomic mass is 9.77. The number of pyridine rings is 1. The zero-order valence-electron chi connectivity index (χ0n) is 14.6. The summed E-state index contributed by atoms with van der Waals surface area (Å²) in [5.74, 6) is 0.186. The molecule has 2 aromatic rings. The fourth-order valence-corrected chi connectivity index (χ4v) is 4.23. The maximum Gasteiger partial charge on any atom is 0.319 e. The van der Waals surface area contributed by atoms with Gasteiger partial charge in [-0.15, -0.1) is 0 Å². The van der Waals surface area contributed by atoms with Crippen molar-refractivity contribution < 1.29 is 9.18 Å². The molecule has 26 heavy (non-hydrogen) atoms. The van der Waals surface area contributed by atoms with Gasteiger partial charge in [-0.25, -0.2) is 9.18 Å². The molecule has 3 saturated heterocycles. The zero-order chi connectivity index (χ0) is 17.9. The molecule has 0 radical (unpaired) electrons. The van der Waals surface area contributed by atoms with Gasteiger partial charge in [0.15, 0.2) is 0 Å². The fourth-order valence-electron chi connectivity index (χ4n) is 4.23. The van der Waals surface area contributed by atoms with Crippen LogP contribution in [0.2, 0.25) is 0 Å². The Bertz CT molecular complexity index is 744. The molecule has 2 atom stereocenters. The number of benzene rings is 1. The van der Waals surface area contributed by atoms with Crippen molar-refractivity contribution in [2.24, 2.45) is 5.92 Å². The van der Waals surface area contributed by atoms with Gasteiger partial charge < -0.3 is 10.6 Å². The smallest absolute Gasteiger partial charge is 0.319 e. The monoisotopic (exact) mass is 354 g/mol. The molecule has 6 heteroatoms. The number of nitrogens with zero attached hydrogens (tertiary/aromatic N) is 2. The van der Waals surface area contributed by atoms with E-state index in [0.717, 1.165) is 32.4 Å². The van der Waals surface area contributed by atoms with Crippen molar-refractivity contribution in [2.75, 3.05) is 18.4 Å². The van der Waals surface area contributed by atoms with Crippen LogP contribution in [0.4, 0.5) is 14.9 Å². The number of halogens is 1. The van der Waals surface area contributed by atoms with E-state index in [9.17, 15) is 9.18 Å². The van der Waals surface area contributed by atoms with Gasteiger partial charge in [0.1, 0.15) is 5.82 Å². The molecule has 1 aromatic heterocycles. The van der Waals surface area contributed by atoms with Crippen molar-refractivity contribution >= 4 is 11.7 Å². The predicted octanol–water partition coefficient (Wildman–Crippen LogP) is 3.05. The molecule has 5 rings (SSSR count). The highest BCUT2D eigenvalue weighted by Gasteiger charge is 2.42. The maximum atomic E-state index is 13.0. The second kappa shape index (κ2) is 7.41. The number of piperidine rings is 3. The summed E-state index contributed by atoms with van der Waals surface area (Å²) in [4.78, 5) is 19.2.